The molecule has 3 rings (SSSR count). The maximum atomic E-state index is 12.8. The predicted molar refractivity (Wildman–Crippen MR) is 106 cm³/mol. The Hall–Kier alpha value is -1.54. The van der Waals surface area contributed by atoms with E-state index in [2.05, 4.69) is 16.9 Å². The molecule has 1 aliphatic carbocycles. The summed E-state index contributed by atoms with van der Waals surface area (Å²) in [6.45, 7) is 4.09. The van der Waals surface area contributed by atoms with Crippen molar-refractivity contribution in [2.75, 3.05) is 18.9 Å². The lowest BCUT2D eigenvalue weighted by molar-refractivity contribution is -0.138. The number of carbonyl (C=O) groups excluding carboxylic acids is 1. The summed E-state index contributed by atoms with van der Waals surface area (Å²) in [6.07, 6.45) is -0.0679. The Kier molecular flexibility index (Phi) is 5.92. The molecule has 0 aromatic heterocycles. The second-order valence-corrected chi connectivity index (χ2v) is 8.15. The fourth-order valence-electron chi connectivity index (χ4n) is 3.32. The van der Waals surface area contributed by atoms with E-state index < -0.39 is 24.2 Å². The van der Waals surface area contributed by atoms with Gasteiger partial charge >= 0.3 is 0 Å². The minimum atomic E-state index is -0.981. The van der Waals surface area contributed by atoms with Crippen LogP contribution in [0.25, 0.3) is 0 Å². The minimum absolute atomic E-state index is 0.0682. The number of hydrogen-bond acceptors (Lipinski definition) is 6. The van der Waals surface area contributed by atoms with Crippen LogP contribution in [-0.2, 0) is 4.79 Å². The third-order valence-electron chi connectivity index (χ3n) is 4.68. The van der Waals surface area contributed by atoms with Crippen LogP contribution < -0.4 is 5.32 Å². The van der Waals surface area contributed by atoms with E-state index in [0.29, 0.717) is 16.7 Å². The molecule has 1 aliphatic heterocycles. The first-order valence-corrected chi connectivity index (χ1v) is 9.65. The second kappa shape index (κ2) is 8.00. The first kappa shape index (κ1) is 19.2. The Morgan fingerprint density at radius 1 is 1.46 bits per heavy atom. The number of carbonyl (C=O) groups is 1. The fraction of sp³-hybridized carbons (Fsp3) is 0.444. The van der Waals surface area contributed by atoms with Crippen molar-refractivity contribution in [3.05, 3.63) is 41.9 Å². The van der Waals surface area contributed by atoms with Crippen molar-refractivity contribution < 1.29 is 15.0 Å². The minimum Gasteiger partial charge on any atom is -0.390 e. The lowest BCUT2D eigenvalue weighted by Gasteiger charge is -2.38. The molecule has 6 nitrogen and oxygen atoms in total. The van der Waals surface area contributed by atoms with Gasteiger partial charge in [-0.25, -0.2) is 0 Å². The van der Waals surface area contributed by atoms with Crippen LogP contribution in [0.1, 0.15) is 6.42 Å². The molecule has 1 fully saturated rings. The number of halogens is 1. The van der Waals surface area contributed by atoms with Gasteiger partial charge in [-0.15, -0.1) is 6.58 Å². The summed E-state index contributed by atoms with van der Waals surface area (Å²) in [7, 11) is 1.71. The molecule has 1 amide bonds. The van der Waals surface area contributed by atoms with Gasteiger partial charge in [0.1, 0.15) is 6.10 Å². The molecule has 0 saturated heterocycles. The van der Waals surface area contributed by atoms with Gasteiger partial charge in [0, 0.05) is 29.6 Å². The summed E-state index contributed by atoms with van der Waals surface area (Å²) < 4.78 is 0. The number of nitrogens with one attached hydrogen (secondary N) is 1. The van der Waals surface area contributed by atoms with Crippen molar-refractivity contribution in [3.8, 4) is 0 Å². The highest BCUT2D eigenvalue weighted by atomic mass is 35.5. The van der Waals surface area contributed by atoms with E-state index in [1.807, 2.05) is 12.1 Å². The van der Waals surface area contributed by atoms with E-state index >= 15 is 0 Å². The molecule has 0 unspecified atom stereocenters. The first-order valence-electron chi connectivity index (χ1n) is 8.39. The van der Waals surface area contributed by atoms with Gasteiger partial charge < -0.3 is 20.4 Å². The number of amides is 1. The number of aliphatic imine (C=N–C) groups is 1. The molecule has 0 radical (unpaired) electrons. The van der Waals surface area contributed by atoms with Crippen LogP contribution in [0.2, 0.25) is 5.02 Å². The number of benzene rings is 1. The highest BCUT2D eigenvalue weighted by molar-refractivity contribution is 8.15. The van der Waals surface area contributed by atoms with E-state index in [9.17, 15) is 15.0 Å². The summed E-state index contributed by atoms with van der Waals surface area (Å²) in [4.78, 5) is 18.9. The zero-order chi connectivity index (χ0) is 18.8. The molecule has 140 valence electrons. The summed E-state index contributed by atoms with van der Waals surface area (Å²) in [5.74, 6) is -0.483. The van der Waals surface area contributed by atoms with E-state index in [1.54, 1.807) is 30.2 Å². The maximum Gasteiger partial charge on any atom is 0.227 e. The van der Waals surface area contributed by atoms with Gasteiger partial charge in [0.25, 0.3) is 0 Å². The number of aliphatic hydroxyl groups is 2. The molecule has 0 bridgehead atoms. The van der Waals surface area contributed by atoms with E-state index in [-0.39, 0.29) is 17.6 Å². The second-order valence-electron chi connectivity index (χ2n) is 6.55. The molecule has 0 spiro atoms. The van der Waals surface area contributed by atoms with Crippen molar-refractivity contribution in [3.63, 3.8) is 0 Å². The number of likely N-dealkylation sites (N-methyl/N-ethyl adjacent to an activating group) is 1. The lowest BCUT2D eigenvalue weighted by Crippen LogP contribution is -2.54. The Morgan fingerprint density at radius 3 is 2.81 bits per heavy atom. The highest BCUT2D eigenvalue weighted by Crippen LogP contribution is 2.42. The van der Waals surface area contributed by atoms with Crippen molar-refractivity contribution in [1.82, 2.24) is 4.90 Å². The van der Waals surface area contributed by atoms with Gasteiger partial charge in [-0.1, -0.05) is 29.4 Å². The SMILES string of the molecule is C=CCN(C)C(=O)[C@@H]1C[C@@H](O)[C@H](O)[C@H]2N=C(Nc3ccc(Cl)cc3)S[C@@H]21. The number of thioether (sulfide) groups is 1. The highest BCUT2D eigenvalue weighted by Gasteiger charge is 2.50. The lowest BCUT2D eigenvalue weighted by atomic mass is 9.80. The van der Waals surface area contributed by atoms with Crippen molar-refractivity contribution >= 4 is 40.1 Å². The molecular weight excluding hydrogens is 374 g/mol. The van der Waals surface area contributed by atoms with Crippen LogP contribution in [0.5, 0.6) is 0 Å². The topological polar surface area (TPSA) is 85.2 Å². The van der Waals surface area contributed by atoms with Crippen molar-refractivity contribution in [1.29, 1.82) is 0 Å². The molecule has 1 saturated carbocycles. The average Bonchev–Trinajstić information content (AvgIpc) is 3.03. The van der Waals surface area contributed by atoms with Crippen LogP contribution in [-0.4, -0.2) is 63.3 Å². The average molecular weight is 396 g/mol. The Labute approximate surface area is 161 Å². The largest absolute Gasteiger partial charge is 0.390 e. The number of nitrogens with zero attached hydrogens (tertiary/aromatic N) is 2. The summed E-state index contributed by atoms with van der Waals surface area (Å²) in [5.41, 5.74) is 0.820. The van der Waals surface area contributed by atoms with E-state index in [0.717, 1.165) is 5.69 Å². The summed E-state index contributed by atoms with van der Waals surface area (Å²) in [5, 5.41) is 24.8. The van der Waals surface area contributed by atoms with Crippen LogP contribution in [0.3, 0.4) is 0 Å². The smallest absolute Gasteiger partial charge is 0.227 e. The first-order chi connectivity index (χ1) is 12.4. The number of aliphatic hydroxyl groups excluding tert-OH is 2. The quantitative estimate of drug-likeness (QED) is 0.679. The zero-order valence-corrected chi connectivity index (χ0v) is 16.0. The molecule has 26 heavy (non-hydrogen) atoms. The van der Waals surface area contributed by atoms with Gasteiger partial charge in [0.2, 0.25) is 5.91 Å². The van der Waals surface area contributed by atoms with Crippen LogP contribution >= 0.6 is 23.4 Å². The third-order valence-corrected chi connectivity index (χ3v) is 6.24. The normalized spacial score (nSPS) is 30.3. The van der Waals surface area contributed by atoms with Gasteiger partial charge in [-0.3, -0.25) is 9.79 Å². The Morgan fingerprint density at radius 2 is 2.15 bits per heavy atom. The zero-order valence-electron chi connectivity index (χ0n) is 14.4. The van der Waals surface area contributed by atoms with Crippen LogP contribution in [0.15, 0.2) is 41.9 Å². The molecule has 5 atom stereocenters. The van der Waals surface area contributed by atoms with Crippen LogP contribution in [0.4, 0.5) is 5.69 Å². The van der Waals surface area contributed by atoms with Crippen LogP contribution in [0, 0.1) is 5.92 Å². The number of hydrogen-bond donors (Lipinski definition) is 3. The Balaban J connectivity index is 1.77. The molecular formula is C18H22ClN3O3S. The van der Waals surface area contributed by atoms with E-state index in [1.165, 1.54) is 11.8 Å². The molecule has 2 aliphatic rings. The predicted octanol–water partition coefficient (Wildman–Crippen LogP) is 1.98. The van der Waals surface area contributed by atoms with Gasteiger partial charge in [0.15, 0.2) is 5.17 Å². The molecule has 1 aromatic carbocycles. The monoisotopic (exact) mass is 395 g/mol. The molecule has 3 N–H and O–H groups in total. The third kappa shape index (κ3) is 3.91. The van der Waals surface area contributed by atoms with Crippen molar-refractivity contribution in [2.45, 2.75) is 29.9 Å². The van der Waals surface area contributed by atoms with Gasteiger partial charge in [0.05, 0.1) is 18.1 Å². The van der Waals surface area contributed by atoms with Gasteiger partial charge in [-0.05, 0) is 30.7 Å². The number of anilines is 1. The number of amidine groups is 1. The van der Waals surface area contributed by atoms with Gasteiger partial charge in [-0.2, -0.15) is 0 Å². The molecule has 1 aromatic rings. The standard InChI is InChI=1S/C18H22ClN3O3S/c1-3-8-22(2)17(25)12-9-13(23)15(24)14-16(12)26-18(21-14)20-11-6-4-10(19)5-7-11/h3-7,12-16,23-24H,1,8-9H2,2H3,(H,20,21)/t12-,13-,14-,15+,16-/m1/s1. The molecule has 1 heterocycles. The maximum absolute atomic E-state index is 12.8. The van der Waals surface area contributed by atoms with E-state index in [4.69, 9.17) is 11.6 Å². The number of fused-ring (bicyclic) bond motifs is 1. The fourth-order valence-corrected chi connectivity index (χ4v) is 4.81. The summed E-state index contributed by atoms with van der Waals surface area (Å²) >= 11 is 7.33. The summed E-state index contributed by atoms with van der Waals surface area (Å²) in [6, 6.07) is 6.68. The molecule has 8 heteroatoms. The number of rotatable bonds is 4. The van der Waals surface area contributed by atoms with Crippen molar-refractivity contribution in [2.24, 2.45) is 10.9 Å². The Bertz CT molecular complexity index is 712.